The number of rotatable bonds is 4. The van der Waals surface area contributed by atoms with Gasteiger partial charge in [-0.15, -0.1) is 0 Å². The maximum Gasteiger partial charge on any atom is 0.133 e. The van der Waals surface area contributed by atoms with Crippen molar-refractivity contribution in [3.63, 3.8) is 0 Å². The van der Waals surface area contributed by atoms with Crippen LogP contribution in [-0.4, -0.2) is 38.2 Å². The Morgan fingerprint density at radius 3 is 2.89 bits per heavy atom. The second-order valence-electron chi connectivity index (χ2n) is 5.45. The predicted octanol–water partition coefficient (Wildman–Crippen LogP) is 3.60. The van der Waals surface area contributed by atoms with Gasteiger partial charge < -0.3 is 15.0 Å². The summed E-state index contributed by atoms with van der Waals surface area (Å²) in [5.41, 5.74) is 1.15. The first-order valence-corrected chi connectivity index (χ1v) is 7.68. The van der Waals surface area contributed by atoms with Crippen LogP contribution in [0.4, 0.5) is 5.69 Å². The second-order valence-corrected chi connectivity index (χ2v) is 6.30. The highest BCUT2D eigenvalue weighted by Crippen LogP contribution is 2.29. The summed E-state index contributed by atoms with van der Waals surface area (Å²) in [7, 11) is 3.90. The minimum atomic E-state index is 0.489. The average molecular weight is 327 g/mol. The largest absolute Gasteiger partial charge is 0.496 e. The van der Waals surface area contributed by atoms with Crippen LogP contribution in [-0.2, 0) is 0 Å². The Hall–Kier alpha value is -0.740. The van der Waals surface area contributed by atoms with Gasteiger partial charge in [0.2, 0.25) is 0 Å². The Balaban J connectivity index is 1.98. The minimum absolute atomic E-state index is 0.489. The van der Waals surface area contributed by atoms with Crippen molar-refractivity contribution in [3.8, 4) is 5.75 Å². The minimum Gasteiger partial charge on any atom is -0.496 e. The quantitative estimate of drug-likeness (QED) is 0.914. The van der Waals surface area contributed by atoms with Gasteiger partial charge in [0.25, 0.3) is 0 Å². The van der Waals surface area contributed by atoms with Crippen molar-refractivity contribution in [1.29, 1.82) is 0 Å². The van der Waals surface area contributed by atoms with E-state index in [0.29, 0.717) is 6.04 Å². The molecule has 1 aromatic carbocycles. The first kappa shape index (κ1) is 14.7. The monoisotopic (exact) mass is 326 g/mol. The number of nitrogens with one attached hydrogen (secondary N) is 1. The molecular formula is C15H23BrN2O. The number of hydrogen-bond donors (Lipinski definition) is 1. The van der Waals surface area contributed by atoms with E-state index in [9.17, 15) is 0 Å². The van der Waals surface area contributed by atoms with Crippen LogP contribution in [0.3, 0.4) is 0 Å². The van der Waals surface area contributed by atoms with Gasteiger partial charge in [-0.1, -0.05) is 0 Å². The zero-order valence-corrected chi connectivity index (χ0v) is 13.5. The molecule has 0 spiro atoms. The van der Waals surface area contributed by atoms with Crippen LogP contribution >= 0.6 is 15.9 Å². The number of benzene rings is 1. The van der Waals surface area contributed by atoms with E-state index < -0.39 is 0 Å². The predicted molar refractivity (Wildman–Crippen MR) is 84.0 cm³/mol. The third kappa shape index (κ3) is 3.86. The van der Waals surface area contributed by atoms with Crippen LogP contribution in [0.1, 0.15) is 19.8 Å². The van der Waals surface area contributed by atoms with Crippen molar-refractivity contribution in [2.45, 2.75) is 25.8 Å². The lowest BCUT2D eigenvalue weighted by Crippen LogP contribution is -2.39. The summed E-state index contributed by atoms with van der Waals surface area (Å²) >= 11 is 3.53. The van der Waals surface area contributed by atoms with Gasteiger partial charge in [-0.05, 0) is 73.4 Å². The normalized spacial score (nSPS) is 22.0. The van der Waals surface area contributed by atoms with E-state index >= 15 is 0 Å². The Morgan fingerprint density at radius 2 is 2.26 bits per heavy atom. The smallest absolute Gasteiger partial charge is 0.133 e. The molecule has 4 heteroatoms. The Bertz CT molecular complexity index is 425. The molecule has 0 aliphatic carbocycles. The average Bonchev–Trinajstić information content (AvgIpc) is 2.39. The Kier molecular flexibility index (Phi) is 5.11. The summed E-state index contributed by atoms with van der Waals surface area (Å²) < 4.78 is 6.25. The summed E-state index contributed by atoms with van der Waals surface area (Å²) in [6.45, 7) is 4.70. The van der Waals surface area contributed by atoms with E-state index in [2.05, 4.69) is 52.3 Å². The molecular weight excluding hydrogens is 304 g/mol. The summed E-state index contributed by atoms with van der Waals surface area (Å²) in [6, 6.07) is 6.64. The molecule has 2 unspecified atom stereocenters. The number of halogens is 1. The van der Waals surface area contributed by atoms with Crippen molar-refractivity contribution < 1.29 is 4.74 Å². The molecule has 1 heterocycles. The highest BCUT2D eigenvalue weighted by molar-refractivity contribution is 9.10. The second kappa shape index (κ2) is 6.62. The number of piperidine rings is 1. The van der Waals surface area contributed by atoms with Gasteiger partial charge in [0.1, 0.15) is 5.75 Å². The molecule has 1 aliphatic rings. The van der Waals surface area contributed by atoms with E-state index in [0.717, 1.165) is 21.8 Å². The Labute approximate surface area is 124 Å². The van der Waals surface area contributed by atoms with E-state index in [-0.39, 0.29) is 0 Å². The summed E-state index contributed by atoms with van der Waals surface area (Å²) in [5.74, 6) is 1.59. The van der Waals surface area contributed by atoms with Crippen molar-refractivity contribution in [2.24, 2.45) is 5.92 Å². The van der Waals surface area contributed by atoms with Crippen molar-refractivity contribution in [2.75, 3.05) is 32.6 Å². The van der Waals surface area contributed by atoms with Crippen molar-refractivity contribution >= 4 is 21.6 Å². The molecule has 1 N–H and O–H groups in total. The SMILES string of the molecule is COc1ccc(NC(C)C2CCCN(C)C2)cc1Br. The molecule has 3 nitrogen and oxygen atoms in total. The van der Waals surface area contributed by atoms with Crippen LogP contribution in [0.5, 0.6) is 5.75 Å². The molecule has 0 saturated carbocycles. The highest BCUT2D eigenvalue weighted by Gasteiger charge is 2.22. The number of hydrogen-bond acceptors (Lipinski definition) is 3. The van der Waals surface area contributed by atoms with Crippen LogP contribution < -0.4 is 10.1 Å². The van der Waals surface area contributed by atoms with Crippen LogP contribution in [0.2, 0.25) is 0 Å². The molecule has 0 bridgehead atoms. The molecule has 1 fully saturated rings. The van der Waals surface area contributed by atoms with E-state index in [1.807, 2.05) is 6.07 Å². The summed E-state index contributed by atoms with van der Waals surface area (Å²) in [5, 5.41) is 3.61. The van der Waals surface area contributed by atoms with Crippen LogP contribution in [0.25, 0.3) is 0 Å². The maximum atomic E-state index is 5.25. The molecule has 2 rings (SSSR count). The lowest BCUT2D eigenvalue weighted by molar-refractivity contribution is 0.197. The van der Waals surface area contributed by atoms with Gasteiger partial charge in [0, 0.05) is 18.3 Å². The number of likely N-dealkylation sites (tertiary alicyclic amines) is 1. The van der Waals surface area contributed by atoms with Gasteiger partial charge in [0.15, 0.2) is 0 Å². The third-order valence-corrected chi connectivity index (χ3v) is 4.53. The molecule has 0 amide bonds. The Morgan fingerprint density at radius 1 is 1.47 bits per heavy atom. The standard InChI is InChI=1S/C15H23BrN2O/c1-11(12-5-4-8-18(2)10-12)17-13-6-7-15(19-3)14(16)9-13/h6-7,9,11-12,17H,4-5,8,10H2,1-3H3. The highest BCUT2D eigenvalue weighted by atomic mass is 79.9. The fourth-order valence-corrected chi connectivity index (χ4v) is 3.29. The summed E-state index contributed by atoms with van der Waals surface area (Å²) in [4.78, 5) is 2.43. The van der Waals surface area contributed by atoms with Gasteiger partial charge in [-0.25, -0.2) is 0 Å². The fourth-order valence-electron chi connectivity index (χ4n) is 2.75. The molecule has 1 aromatic rings. The van der Waals surface area contributed by atoms with E-state index in [1.165, 1.54) is 25.9 Å². The molecule has 19 heavy (non-hydrogen) atoms. The number of methoxy groups -OCH3 is 1. The van der Waals surface area contributed by atoms with Crippen molar-refractivity contribution in [1.82, 2.24) is 4.90 Å². The zero-order valence-electron chi connectivity index (χ0n) is 11.9. The molecule has 1 aliphatic heterocycles. The van der Waals surface area contributed by atoms with Gasteiger partial charge in [-0.2, -0.15) is 0 Å². The summed E-state index contributed by atoms with van der Waals surface area (Å²) in [6.07, 6.45) is 2.62. The van der Waals surface area contributed by atoms with Crippen LogP contribution in [0, 0.1) is 5.92 Å². The number of anilines is 1. The third-order valence-electron chi connectivity index (χ3n) is 3.91. The van der Waals surface area contributed by atoms with Crippen molar-refractivity contribution in [3.05, 3.63) is 22.7 Å². The molecule has 1 saturated heterocycles. The molecule has 0 radical (unpaired) electrons. The van der Waals surface area contributed by atoms with Crippen LogP contribution in [0.15, 0.2) is 22.7 Å². The molecule has 106 valence electrons. The van der Waals surface area contributed by atoms with Gasteiger partial charge >= 0.3 is 0 Å². The lowest BCUT2D eigenvalue weighted by atomic mass is 9.92. The molecule has 0 aromatic heterocycles. The fraction of sp³-hybridized carbons (Fsp3) is 0.600. The first-order valence-electron chi connectivity index (χ1n) is 6.88. The van der Waals surface area contributed by atoms with Gasteiger partial charge in [0.05, 0.1) is 11.6 Å². The number of nitrogens with zero attached hydrogens (tertiary/aromatic N) is 1. The molecule has 2 atom stereocenters. The topological polar surface area (TPSA) is 24.5 Å². The van der Waals surface area contributed by atoms with E-state index in [1.54, 1.807) is 7.11 Å². The first-order chi connectivity index (χ1) is 9.10. The lowest BCUT2D eigenvalue weighted by Gasteiger charge is -2.34. The zero-order chi connectivity index (χ0) is 13.8. The number of ether oxygens (including phenoxy) is 1. The van der Waals surface area contributed by atoms with Gasteiger partial charge in [-0.3, -0.25) is 0 Å². The maximum absolute atomic E-state index is 5.25. The van der Waals surface area contributed by atoms with E-state index in [4.69, 9.17) is 4.74 Å².